The van der Waals surface area contributed by atoms with Gasteiger partial charge in [-0.25, -0.2) is 4.79 Å². The molecule has 1 fully saturated rings. The van der Waals surface area contributed by atoms with E-state index in [0.29, 0.717) is 18.7 Å². The molecule has 7 nitrogen and oxygen atoms in total. The average Bonchev–Trinajstić information content (AvgIpc) is 2.94. The highest BCUT2D eigenvalue weighted by molar-refractivity contribution is 6.09. The number of urea groups is 1. The van der Waals surface area contributed by atoms with Crippen LogP contribution in [0.2, 0.25) is 0 Å². The van der Waals surface area contributed by atoms with Gasteiger partial charge in [-0.2, -0.15) is 0 Å². The van der Waals surface area contributed by atoms with Crippen LogP contribution in [0.15, 0.2) is 48.5 Å². The summed E-state index contributed by atoms with van der Waals surface area (Å²) in [6.07, 6.45) is 0. The normalized spacial score (nSPS) is 18.3. The van der Waals surface area contributed by atoms with Crippen LogP contribution in [0.1, 0.15) is 30.5 Å². The Morgan fingerprint density at radius 3 is 2.33 bits per heavy atom. The van der Waals surface area contributed by atoms with E-state index in [0.717, 1.165) is 21.8 Å². The molecule has 1 N–H and O–H groups in total. The highest BCUT2D eigenvalue weighted by Gasteiger charge is 2.49. The number of benzene rings is 2. The van der Waals surface area contributed by atoms with Gasteiger partial charge in [-0.3, -0.25) is 14.5 Å². The van der Waals surface area contributed by atoms with E-state index in [2.05, 4.69) is 5.32 Å². The quantitative estimate of drug-likeness (QED) is 0.714. The first-order chi connectivity index (χ1) is 14.2. The number of imide groups is 1. The summed E-state index contributed by atoms with van der Waals surface area (Å²) in [6.45, 7) is 6.17. The third-order valence-corrected chi connectivity index (χ3v) is 5.28. The Morgan fingerprint density at radius 1 is 1.10 bits per heavy atom. The van der Waals surface area contributed by atoms with Gasteiger partial charge in [-0.05, 0) is 44.0 Å². The van der Waals surface area contributed by atoms with Gasteiger partial charge in [0.05, 0.1) is 6.61 Å². The van der Waals surface area contributed by atoms with Gasteiger partial charge in [0.25, 0.3) is 5.91 Å². The lowest BCUT2D eigenvalue weighted by Crippen LogP contribution is -2.43. The zero-order valence-corrected chi connectivity index (χ0v) is 17.8. The molecule has 3 rings (SSSR count). The van der Waals surface area contributed by atoms with E-state index in [1.807, 2.05) is 62.4 Å². The van der Waals surface area contributed by atoms with Gasteiger partial charge in [0.1, 0.15) is 17.8 Å². The molecule has 1 atom stereocenters. The molecule has 1 heterocycles. The summed E-state index contributed by atoms with van der Waals surface area (Å²) < 4.78 is 5.42. The summed E-state index contributed by atoms with van der Waals surface area (Å²) in [5, 5.41) is 2.73. The fourth-order valence-corrected chi connectivity index (χ4v) is 3.40. The fourth-order valence-electron chi connectivity index (χ4n) is 3.40. The van der Waals surface area contributed by atoms with E-state index >= 15 is 0 Å². The van der Waals surface area contributed by atoms with Crippen LogP contribution < -0.4 is 10.1 Å². The van der Waals surface area contributed by atoms with Gasteiger partial charge in [-0.1, -0.05) is 42.0 Å². The number of amides is 4. The van der Waals surface area contributed by atoms with Crippen LogP contribution in [-0.2, 0) is 21.7 Å². The molecule has 0 bridgehead atoms. The first-order valence-corrected chi connectivity index (χ1v) is 9.91. The van der Waals surface area contributed by atoms with Crippen LogP contribution in [-0.4, -0.2) is 47.8 Å². The molecule has 30 heavy (non-hydrogen) atoms. The number of carbonyl (C=O) groups is 3. The van der Waals surface area contributed by atoms with E-state index in [9.17, 15) is 14.4 Å². The van der Waals surface area contributed by atoms with Crippen LogP contribution in [0.25, 0.3) is 0 Å². The van der Waals surface area contributed by atoms with Crippen LogP contribution in [0.5, 0.6) is 5.75 Å². The largest absolute Gasteiger partial charge is 0.494 e. The highest BCUT2D eigenvalue weighted by atomic mass is 16.5. The summed E-state index contributed by atoms with van der Waals surface area (Å²) in [7, 11) is 1.65. The molecule has 0 aliphatic carbocycles. The van der Waals surface area contributed by atoms with Crippen molar-refractivity contribution in [3.63, 3.8) is 0 Å². The van der Waals surface area contributed by atoms with E-state index in [1.54, 1.807) is 14.0 Å². The Morgan fingerprint density at radius 2 is 1.73 bits per heavy atom. The average molecular weight is 409 g/mol. The van der Waals surface area contributed by atoms with Crippen molar-refractivity contribution in [1.82, 2.24) is 15.1 Å². The van der Waals surface area contributed by atoms with Gasteiger partial charge >= 0.3 is 6.03 Å². The van der Waals surface area contributed by atoms with Crippen LogP contribution >= 0.6 is 0 Å². The SMILES string of the molecule is CCOc1ccc(CN(C)C(=O)CN2C(=O)N[C@](C)(c3ccc(C)cc3)C2=O)cc1. The predicted molar refractivity (Wildman–Crippen MR) is 113 cm³/mol. The van der Waals surface area contributed by atoms with E-state index in [1.165, 1.54) is 4.90 Å². The van der Waals surface area contributed by atoms with Crippen molar-refractivity contribution in [2.75, 3.05) is 20.2 Å². The van der Waals surface area contributed by atoms with Crippen molar-refractivity contribution >= 4 is 17.8 Å². The van der Waals surface area contributed by atoms with Crippen molar-refractivity contribution < 1.29 is 19.1 Å². The van der Waals surface area contributed by atoms with Gasteiger partial charge in [0.15, 0.2) is 0 Å². The van der Waals surface area contributed by atoms with Crippen molar-refractivity contribution in [1.29, 1.82) is 0 Å². The Bertz CT molecular complexity index is 940. The Hall–Kier alpha value is -3.35. The number of nitrogens with one attached hydrogen (secondary N) is 1. The number of aryl methyl sites for hydroxylation is 1. The van der Waals surface area contributed by atoms with Crippen molar-refractivity contribution in [2.45, 2.75) is 32.9 Å². The van der Waals surface area contributed by atoms with Crippen molar-refractivity contribution in [2.24, 2.45) is 0 Å². The second kappa shape index (κ2) is 8.57. The summed E-state index contributed by atoms with van der Waals surface area (Å²) in [4.78, 5) is 40.6. The van der Waals surface area contributed by atoms with E-state index in [4.69, 9.17) is 4.74 Å². The molecule has 158 valence electrons. The molecule has 1 aliphatic rings. The molecule has 0 unspecified atom stereocenters. The standard InChI is InChI=1S/C23H27N3O4/c1-5-30-19-12-8-17(9-13-19)14-25(4)20(27)15-26-21(28)23(3,24-22(26)29)18-10-6-16(2)7-11-18/h6-13H,5,14-15H2,1-4H3,(H,24,29)/t23-/m1/s1. The lowest BCUT2D eigenvalue weighted by molar-refractivity contribution is -0.138. The highest BCUT2D eigenvalue weighted by Crippen LogP contribution is 2.29. The smallest absolute Gasteiger partial charge is 0.325 e. The molecule has 2 aromatic rings. The van der Waals surface area contributed by atoms with Crippen molar-refractivity contribution in [3.8, 4) is 5.75 Å². The summed E-state index contributed by atoms with van der Waals surface area (Å²) >= 11 is 0. The minimum Gasteiger partial charge on any atom is -0.494 e. The zero-order chi connectivity index (χ0) is 21.9. The Balaban J connectivity index is 1.66. The zero-order valence-electron chi connectivity index (χ0n) is 17.8. The molecule has 0 radical (unpaired) electrons. The molecule has 1 saturated heterocycles. The second-order valence-electron chi connectivity index (χ2n) is 7.64. The first kappa shape index (κ1) is 21.4. The molecule has 1 aliphatic heterocycles. The molecular weight excluding hydrogens is 382 g/mol. The number of hydrogen-bond acceptors (Lipinski definition) is 4. The number of likely N-dealkylation sites (N-methyl/N-ethyl adjacent to an activating group) is 1. The summed E-state index contributed by atoms with van der Waals surface area (Å²) in [5.74, 6) is 0.0182. The first-order valence-electron chi connectivity index (χ1n) is 9.91. The maximum absolute atomic E-state index is 13.0. The lowest BCUT2D eigenvalue weighted by atomic mass is 9.91. The molecule has 0 aromatic heterocycles. The lowest BCUT2D eigenvalue weighted by Gasteiger charge is -2.23. The molecule has 0 spiro atoms. The molecule has 2 aromatic carbocycles. The van der Waals surface area contributed by atoms with Gasteiger partial charge < -0.3 is 15.0 Å². The number of nitrogens with zero attached hydrogens (tertiary/aromatic N) is 2. The van der Waals surface area contributed by atoms with Crippen LogP contribution in [0.4, 0.5) is 4.79 Å². The minimum absolute atomic E-state index is 0.306. The topological polar surface area (TPSA) is 79.0 Å². The number of ether oxygens (including phenoxy) is 1. The predicted octanol–water partition coefficient (Wildman–Crippen LogP) is 2.82. The van der Waals surface area contributed by atoms with Gasteiger partial charge in [0.2, 0.25) is 5.91 Å². The Kier molecular flexibility index (Phi) is 6.10. The Labute approximate surface area is 176 Å². The number of carbonyl (C=O) groups excluding carboxylic acids is 3. The number of hydrogen-bond donors (Lipinski definition) is 1. The van der Waals surface area contributed by atoms with Gasteiger partial charge in [0, 0.05) is 13.6 Å². The third kappa shape index (κ3) is 4.30. The second-order valence-corrected chi connectivity index (χ2v) is 7.64. The molecule has 4 amide bonds. The molecular formula is C23H27N3O4. The maximum Gasteiger partial charge on any atom is 0.325 e. The van der Waals surface area contributed by atoms with Gasteiger partial charge in [-0.15, -0.1) is 0 Å². The maximum atomic E-state index is 13.0. The van der Waals surface area contributed by atoms with Crippen molar-refractivity contribution in [3.05, 3.63) is 65.2 Å². The van der Waals surface area contributed by atoms with E-state index < -0.39 is 17.5 Å². The fraction of sp³-hybridized carbons (Fsp3) is 0.348. The summed E-state index contributed by atoms with van der Waals surface area (Å²) in [5.41, 5.74) is 1.49. The summed E-state index contributed by atoms with van der Waals surface area (Å²) in [6, 6.07) is 14.3. The molecule has 0 saturated carbocycles. The molecule has 7 heteroatoms. The minimum atomic E-state index is -1.18. The third-order valence-electron chi connectivity index (χ3n) is 5.28. The van der Waals surface area contributed by atoms with Crippen LogP contribution in [0.3, 0.4) is 0 Å². The number of rotatable bonds is 7. The van der Waals surface area contributed by atoms with E-state index in [-0.39, 0.29) is 12.5 Å². The van der Waals surface area contributed by atoms with Crippen LogP contribution in [0, 0.1) is 6.92 Å². The monoisotopic (exact) mass is 409 g/mol.